The molecule has 0 aromatic heterocycles. The van der Waals surface area contributed by atoms with Crippen molar-refractivity contribution in [3.05, 3.63) is 22.3 Å². The lowest BCUT2D eigenvalue weighted by molar-refractivity contribution is -0.167. The van der Waals surface area contributed by atoms with Gasteiger partial charge in [0.05, 0.1) is 24.0 Å². The van der Waals surface area contributed by atoms with Gasteiger partial charge in [0.25, 0.3) is 0 Å². The quantitative estimate of drug-likeness (QED) is 0.0213. The maximum atomic E-state index is 18.0. The van der Waals surface area contributed by atoms with E-state index in [0.717, 1.165) is 19.3 Å². The molecule has 0 saturated heterocycles. The molecule has 33 rings (SSSR count). The molecule has 0 bridgehead atoms. The number of benzene rings is 18. The van der Waals surface area contributed by atoms with E-state index in [9.17, 15) is 19.2 Å². The number of nitrogens with one attached hydrogen (secondary N) is 1. The normalized spacial score (nSPS) is 20.2. The molecule has 109 heavy (non-hydrogen) atoms. The summed E-state index contributed by atoms with van der Waals surface area (Å²) in [5.41, 5.74) is -3.00. The van der Waals surface area contributed by atoms with Gasteiger partial charge in [-0.25, -0.2) is 0 Å². The SMILES string of the molecule is CCCCCCOC(=O)C1(C(=O)OCCCCCC(=O)NC(CCC(=O)OC(C)(C)C)(CCC(=O)OC(C)(C)C)CCC(=O)OC(C)(C)C)C23c4c5c6c7c8c9c(c%10c%11c2c2c4c4c%12c5c5c6c6c8c8c%13c9c9c%10c%10c%11c%11c2c2c4c4c%12c%12c5c5c6c8c6c8c%13c9c9c%10c%10c%11c2c2c4c4c%12c5c6c5c8c9c%10c2c45)C713. The third-order valence-corrected chi connectivity index (χ3v) is 31.6. The summed E-state index contributed by atoms with van der Waals surface area (Å²) >= 11 is 0. The Kier molecular flexibility index (Phi) is 7.65. The zero-order chi connectivity index (χ0) is 72.0. The van der Waals surface area contributed by atoms with E-state index in [0.29, 0.717) is 25.7 Å². The van der Waals surface area contributed by atoms with Crippen LogP contribution in [0.15, 0.2) is 0 Å². The molecular weight excluding hydrogens is 1360 g/mol. The van der Waals surface area contributed by atoms with Crippen molar-refractivity contribution in [2.75, 3.05) is 13.2 Å². The maximum Gasteiger partial charge on any atom is 0.326 e. The van der Waals surface area contributed by atoms with Crippen molar-refractivity contribution < 1.29 is 52.5 Å². The first-order valence-electron chi connectivity index (χ1n) is 40.6. The van der Waals surface area contributed by atoms with Crippen molar-refractivity contribution >= 4 is 327 Å². The monoisotopic (exact) mass is 1420 g/mol. The van der Waals surface area contributed by atoms with Crippen LogP contribution in [0.3, 0.4) is 0 Å². The lowest BCUT2D eigenvalue weighted by atomic mass is 9.68. The van der Waals surface area contributed by atoms with Crippen LogP contribution in [0, 0.1) is 5.41 Å². The minimum absolute atomic E-state index is 0.0165. The molecule has 0 aliphatic heterocycles. The molecule has 1 fully saturated rings. The van der Waals surface area contributed by atoms with E-state index in [4.69, 9.17) is 23.7 Å². The summed E-state index contributed by atoms with van der Waals surface area (Å²) in [6.07, 6.45) is 5.18. The zero-order valence-corrected chi connectivity index (χ0v) is 61.8. The molecule has 0 unspecified atom stereocenters. The predicted molar refractivity (Wildman–Crippen MR) is 437 cm³/mol. The molecule has 0 radical (unpaired) electrons. The number of unbranched alkanes of at least 4 members (excludes halogenated alkanes) is 5. The first-order valence-corrected chi connectivity index (χ1v) is 40.6. The average Bonchev–Trinajstić information content (AvgIpc) is 1.35. The highest BCUT2D eigenvalue weighted by molar-refractivity contribution is 6.82. The van der Waals surface area contributed by atoms with Gasteiger partial charge in [0.15, 0.2) is 5.41 Å². The van der Waals surface area contributed by atoms with Crippen LogP contribution in [0.25, 0.3) is 291 Å². The van der Waals surface area contributed by atoms with E-state index in [2.05, 4.69) is 12.2 Å². The van der Waals surface area contributed by atoms with Gasteiger partial charge in [0.2, 0.25) is 5.91 Å². The zero-order valence-electron chi connectivity index (χ0n) is 61.8. The fourth-order valence-electron chi connectivity index (χ4n) is 30.0. The van der Waals surface area contributed by atoms with Crippen LogP contribution in [-0.4, -0.2) is 71.3 Å². The number of hydrogen-bond donors (Lipinski definition) is 1. The van der Waals surface area contributed by atoms with Crippen molar-refractivity contribution in [3.8, 4) is 0 Å². The summed E-state index contributed by atoms with van der Waals surface area (Å²) in [4.78, 5) is 91.1. The summed E-state index contributed by atoms with van der Waals surface area (Å²) in [5.74, 6) is -2.62. The smallest absolute Gasteiger partial charge is 0.326 e. The van der Waals surface area contributed by atoms with Gasteiger partial charge in [-0.15, -0.1) is 0 Å². The first kappa shape index (κ1) is 55.6. The number of carbonyl (C=O) groups is 6. The van der Waals surface area contributed by atoms with Gasteiger partial charge in [0.1, 0.15) is 16.8 Å². The number of carbonyl (C=O) groups excluding carboxylic acids is 6. The molecule has 1 N–H and O–H groups in total. The summed E-state index contributed by atoms with van der Waals surface area (Å²) in [6.45, 7) is 18.7. The number of hydrogen-bond acceptors (Lipinski definition) is 11. The summed E-state index contributed by atoms with van der Waals surface area (Å²) in [5, 5.41) is 80.3. The Morgan fingerprint density at radius 1 is 0.266 bits per heavy atom. The second-order valence-corrected chi connectivity index (χ2v) is 39.2. The minimum atomic E-state index is -1.88. The lowest BCUT2D eigenvalue weighted by Crippen LogP contribution is -2.50. The summed E-state index contributed by atoms with van der Waals surface area (Å²) in [7, 11) is 0. The molecule has 1 saturated carbocycles. The minimum Gasteiger partial charge on any atom is -0.465 e. The van der Waals surface area contributed by atoms with Crippen molar-refractivity contribution in [1.29, 1.82) is 0 Å². The largest absolute Gasteiger partial charge is 0.465 e. The Hall–Kier alpha value is -10.7. The van der Waals surface area contributed by atoms with E-state index in [1.165, 1.54) is 313 Å². The molecule has 5 aliphatic rings. The van der Waals surface area contributed by atoms with Gasteiger partial charge in [-0.05, 0) is 420 Å². The van der Waals surface area contributed by atoms with Gasteiger partial charge < -0.3 is 29.0 Å². The molecule has 0 heterocycles. The average molecular weight is 1420 g/mol. The summed E-state index contributed by atoms with van der Waals surface area (Å²) in [6, 6.07) is 0. The van der Waals surface area contributed by atoms with Crippen LogP contribution < -0.4 is 5.32 Å². The van der Waals surface area contributed by atoms with Crippen LogP contribution in [0.1, 0.15) is 181 Å². The highest BCUT2D eigenvalue weighted by Gasteiger charge is 3.01. The standard InChI is InChI=1S/C97H63NO11/c1-11-12-13-16-25-105-89(103)97(90(104)106-26-17-14-15-18-27(99)98-94(22-19-28(100)107-91(2,3)4,23-20-29(101)108-92(5,6)7)24-21-30(102)109-93(8,9)10)95-85-77-69-59-49-41-33-31-32-35-39-37(33)45-53-47(39)57-51-43(35)44-36(32)40-38-34(31)42(41)50-56-46(38)54-48(40)58-52(44)62-61(51)71-65(57)75-67(53)73(63(69)55(45)49)81(85)83(75)87-79(71)80-72(62)66(58)76-68(54)74-64(56)70(60(50)59)78(77)86(95)82(74)84(76)88(80)96(87,95)97/h11-26H2,1-10H3,(H,98,99). The molecule has 12 heteroatoms. The predicted octanol–water partition coefficient (Wildman–Crippen LogP) is 22.7. The Morgan fingerprint density at radius 2 is 0.468 bits per heavy atom. The molecule has 5 aliphatic carbocycles. The molecule has 12 nitrogen and oxygen atoms in total. The van der Waals surface area contributed by atoms with Crippen molar-refractivity contribution in [2.45, 2.75) is 192 Å². The Labute approximate surface area is 614 Å². The fourth-order valence-corrected chi connectivity index (χ4v) is 30.0. The van der Waals surface area contributed by atoms with Crippen LogP contribution in [0.5, 0.6) is 0 Å². The van der Waals surface area contributed by atoms with Gasteiger partial charge >= 0.3 is 29.8 Å². The van der Waals surface area contributed by atoms with E-state index in [-0.39, 0.29) is 64.1 Å². The Bertz CT molecular complexity index is 8020. The van der Waals surface area contributed by atoms with E-state index >= 15 is 9.59 Å². The highest BCUT2D eigenvalue weighted by Crippen LogP contribution is 2.97. The fraction of sp³-hybridized carbons (Fsp3) is 0.340. The molecule has 28 aromatic carbocycles. The van der Waals surface area contributed by atoms with Crippen molar-refractivity contribution in [2.24, 2.45) is 5.41 Å². The number of ether oxygens (including phenoxy) is 5. The Balaban J connectivity index is 0.621. The van der Waals surface area contributed by atoms with Crippen molar-refractivity contribution in [1.82, 2.24) is 5.32 Å². The number of rotatable bonds is 23. The number of amides is 1. The van der Waals surface area contributed by atoms with Crippen LogP contribution in [-0.2, 0) is 63.3 Å². The van der Waals surface area contributed by atoms with E-state index < -0.39 is 68.4 Å². The first-order chi connectivity index (χ1) is 52.5. The van der Waals surface area contributed by atoms with E-state index in [1.807, 2.05) is 0 Å². The summed E-state index contributed by atoms with van der Waals surface area (Å²) < 4.78 is 31.8. The van der Waals surface area contributed by atoms with Gasteiger partial charge in [0, 0.05) is 31.2 Å². The molecule has 2 spiro atoms. The molecule has 28 aromatic rings. The lowest BCUT2D eigenvalue weighted by Gasteiger charge is -2.36. The van der Waals surface area contributed by atoms with Crippen molar-refractivity contribution in [3.63, 3.8) is 0 Å². The third-order valence-electron chi connectivity index (χ3n) is 31.6. The van der Waals surface area contributed by atoms with Crippen LogP contribution in [0.2, 0.25) is 0 Å². The molecule has 0 atom stereocenters. The number of esters is 5. The van der Waals surface area contributed by atoms with Crippen LogP contribution in [0.4, 0.5) is 0 Å². The molecular formula is C97H63NO11. The maximum absolute atomic E-state index is 18.0. The second-order valence-electron chi connectivity index (χ2n) is 39.2. The topological polar surface area (TPSA) is 161 Å². The highest BCUT2D eigenvalue weighted by atomic mass is 16.6. The van der Waals surface area contributed by atoms with Gasteiger partial charge in [-0.3, -0.25) is 28.8 Å². The van der Waals surface area contributed by atoms with Gasteiger partial charge in [-0.2, -0.15) is 0 Å². The van der Waals surface area contributed by atoms with Crippen LogP contribution >= 0.6 is 0 Å². The third kappa shape index (κ3) is 4.47. The Morgan fingerprint density at radius 3 is 0.670 bits per heavy atom. The molecule has 1 amide bonds. The second kappa shape index (κ2) is 15.0. The molecule has 522 valence electrons. The van der Waals surface area contributed by atoms with Gasteiger partial charge in [-0.1, -0.05) is 26.2 Å². The van der Waals surface area contributed by atoms with E-state index in [1.54, 1.807) is 62.3 Å².